The SMILES string of the molecule is COc1ccccc1[C@H]1CCCN1C(=O)c1cn(C2CCNCC2)nn1. The molecule has 0 spiro atoms. The highest BCUT2D eigenvalue weighted by molar-refractivity contribution is 5.92. The molecule has 0 saturated carbocycles. The predicted octanol–water partition coefficient (Wildman–Crippen LogP) is 2.19. The smallest absolute Gasteiger partial charge is 0.276 e. The minimum atomic E-state index is -0.0430. The molecule has 0 radical (unpaired) electrons. The highest BCUT2D eigenvalue weighted by atomic mass is 16.5. The van der Waals surface area contributed by atoms with E-state index < -0.39 is 0 Å². The molecule has 2 saturated heterocycles. The summed E-state index contributed by atoms with van der Waals surface area (Å²) >= 11 is 0. The number of carbonyl (C=O) groups excluding carboxylic acids is 1. The Morgan fingerprint density at radius 1 is 1.23 bits per heavy atom. The van der Waals surface area contributed by atoms with Gasteiger partial charge in [0.25, 0.3) is 5.91 Å². The highest BCUT2D eigenvalue weighted by Crippen LogP contribution is 2.37. The number of benzene rings is 1. The molecule has 2 aliphatic heterocycles. The van der Waals surface area contributed by atoms with Crippen LogP contribution in [-0.4, -0.2) is 52.5 Å². The molecule has 4 rings (SSSR count). The molecule has 26 heavy (non-hydrogen) atoms. The van der Waals surface area contributed by atoms with Crippen molar-refractivity contribution in [3.8, 4) is 5.75 Å². The molecule has 2 aromatic rings. The van der Waals surface area contributed by atoms with Crippen LogP contribution in [-0.2, 0) is 0 Å². The molecule has 1 aromatic carbocycles. The fourth-order valence-corrected chi connectivity index (χ4v) is 4.05. The maximum atomic E-state index is 13.1. The number of piperidine rings is 1. The first-order chi connectivity index (χ1) is 12.8. The van der Waals surface area contributed by atoms with Crippen molar-refractivity contribution in [3.05, 3.63) is 41.7 Å². The van der Waals surface area contributed by atoms with Gasteiger partial charge in [0.05, 0.1) is 25.4 Å². The maximum absolute atomic E-state index is 13.1. The Balaban J connectivity index is 1.54. The number of aromatic nitrogens is 3. The van der Waals surface area contributed by atoms with Crippen LogP contribution in [0.5, 0.6) is 5.75 Å². The molecule has 1 aromatic heterocycles. The van der Waals surface area contributed by atoms with Crippen molar-refractivity contribution in [1.82, 2.24) is 25.2 Å². The summed E-state index contributed by atoms with van der Waals surface area (Å²) in [6, 6.07) is 8.29. The van der Waals surface area contributed by atoms with Crippen LogP contribution in [0.25, 0.3) is 0 Å². The van der Waals surface area contributed by atoms with E-state index in [0.29, 0.717) is 11.7 Å². The van der Waals surface area contributed by atoms with Gasteiger partial charge in [0.1, 0.15) is 5.75 Å². The number of para-hydroxylation sites is 1. The maximum Gasteiger partial charge on any atom is 0.276 e. The van der Waals surface area contributed by atoms with Gasteiger partial charge < -0.3 is 15.0 Å². The second-order valence-corrected chi connectivity index (χ2v) is 6.96. The second kappa shape index (κ2) is 7.45. The van der Waals surface area contributed by atoms with Gasteiger partial charge in [0.2, 0.25) is 0 Å². The third-order valence-corrected chi connectivity index (χ3v) is 5.42. The Morgan fingerprint density at radius 2 is 2.04 bits per heavy atom. The van der Waals surface area contributed by atoms with Crippen molar-refractivity contribution in [2.24, 2.45) is 0 Å². The van der Waals surface area contributed by atoms with E-state index in [1.54, 1.807) is 7.11 Å². The molecular weight excluding hydrogens is 330 g/mol. The topological polar surface area (TPSA) is 72.3 Å². The third-order valence-electron chi connectivity index (χ3n) is 5.42. The summed E-state index contributed by atoms with van der Waals surface area (Å²) in [6.07, 6.45) is 5.77. The van der Waals surface area contributed by atoms with Crippen LogP contribution in [0.4, 0.5) is 0 Å². The van der Waals surface area contributed by atoms with E-state index in [9.17, 15) is 4.79 Å². The highest BCUT2D eigenvalue weighted by Gasteiger charge is 2.33. The van der Waals surface area contributed by atoms with E-state index in [0.717, 1.165) is 56.6 Å². The monoisotopic (exact) mass is 355 g/mol. The molecule has 2 fully saturated rings. The second-order valence-electron chi connectivity index (χ2n) is 6.96. The zero-order valence-corrected chi connectivity index (χ0v) is 15.1. The number of carbonyl (C=O) groups is 1. The van der Waals surface area contributed by atoms with E-state index in [1.807, 2.05) is 40.0 Å². The molecule has 138 valence electrons. The van der Waals surface area contributed by atoms with Gasteiger partial charge in [-0.05, 0) is 44.8 Å². The molecule has 1 atom stereocenters. The lowest BCUT2D eigenvalue weighted by Gasteiger charge is -2.25. The zero-order valence-electron chi connectivity index (χ0n) is 15.1. The number of nitrogens with zero attached hydrogens (tertiary/aromatic N) is 4. The first-order valence-corrected chi connectivity index (χ1v) is 9.34. The van der Waals surface area contributed by atoms with Gasteiger partial charge in [-0.1, -0.05) is 23.4 Å². The van der Waals surface area contributed by atoms with Gasteiger partial charge in [-0.25, -0.2) is 4.68 Å². The molecule has 0 unspecified atom stereocenters. The summed E-state index contributed by atoms with van der Waals surface area (Å²) in [4.78, 5) is 15.0. The zero-order chi connectivity index (χ0) is 17.9. The first-order valence-electron chi connectivity index (χ1n) is 9.34. The van der Waals surface area contributed by atoms with E-state index in [-0.39, 0.29) is 11.9 Å². The van der Waals surface area contributed by atoms with Gasteiger partial charge >= 0.3 is 0 Å². The van der Waals surface area contributed by atoms with Crippen LogP contribution in [0.1, 0.15) is 53.8 Å². The molecule has 0 bridgehead atoms. The van der Waals surface area contributed by atoms with Crippen LogP contribution in [0.2, 0.25) is 0 Å². The fourth-order valence-electron chi connectivity index (χ4n) is 4.05. The Bertz CT molecular complexity index is 769. The van der Waals surface area contributed by atoms with Crippen molar-refractivity contribution in [3.63, 3.8) is 0 Å². The van der Waals surface area contributed by atoms with Gasteiger partial charge in [0, 0.05) is 12.1 Å². The lowest BCUT2D eigenvalue weighted by molar-refractivity contribution is 0.0728. The quantitative estimate of drug-likeness (QED) is 0.910. The van der Waals surface area contributed by atoms with Crippen LogP contribution in [0.3, 0.4) is 0 Å². The third kappa shape index (κ3) is 3.19. The molecule has 1 amide bonds. The Hall–Kier alpha value is -2.41. The number of ether oxygens (including phenoxy) is 1. The number of nitrogens with one attached hydrogen (secondary N) is 1. The Kier molecular flexibility index (Phi) is 4.88. The Labute approximate surface area is 153 Å². The van der Waals surface area contributed by atoms with Gasteiger partial charge in [0.15, 0.2) is 5.69 Å². The molecule has 3 heterocycles. The normalized spacial score (nSPS) is 21.1. The molecule has 0 aliphatic carbocycles. The van der Waals surface area contributed by atoms with Gasteiger partial charge in [-0.2, -0.15) is 0 Å². The minimum Gasteiger partial charge on any atom is -0.496 e. The number of likely N-dealkylation sites (tertiary alicyclic amines) is 1. The van der Waals surface area contributed by atoms with Crippen molar-refractivity contribution < 1.29 is 9.53 Å². The summed E-state index contributed by atoms with van der Waals surface area (Å²) in [6.45, 7) is 2.70. The molecule has 7 nitrogen and oxygen atoms in total. The number of amides is 1. The first kappa shape index (κ1) is 17.0. The van der Waals surface area contributed by atoms with E-state index in [4.69, 9.17) is 4.74 Å². The summed E-state index contributed by atoms with van der Waals surface area (Å²) < 4.78 is 7.36. The Morgan fingerprint density at radius 3 is 2.85 bits per heavy atom. The number of hydrogen-bond donors (Lipinski definition) is 1. The number of rotatable bonds is 4. The summed E-state index contributed by atoms with van der Waals surface area (Å²) in [5.74, 6) is 0.786. The van der Waals surface area contributed by atoms with Gasteiger partial charge in [-0.15, -0.1) is 5.10 Å². The van der Waals surface area contributed by atoms with Crippen LogP contribution in [0, 0.1) is 0 Å². The molecular formula is C19H25N5O2. The minimum absolute atomic E-state index is 0.0303. The van der Waals surface area contributed by atoms with E-state index in [2.05, 4.69) is 15.6 Å². The van der Waals surface area contributed by atoms with Crippen molar-refractivity contribution in [2.75, 3.05) is 26.7 Å². The molecule has 7 heteroatoms. The lowest BCUT2D eigenvalue weighted by atomic mass is 10.0. The van der Waals surface area contributed by atoms with Gasteiger partial charge in [-0.3, -0.25) is 4.79 Å². The summed E-state index contributed by atoms with van der Waals surface area (Å²) in [7, 11) is 1.67. The van der Waals surface area contributed by atoms with Crippen molar-refractivity contribution >= 4 is 5.91 Å². The molecule has 1 N–H and O–H groups in total. The van der Waals surface area contributed by atoms with Crippen molar-refractivity contribution in [1.29, 1.82) is 0 Å². The van der Waals surface area contributed by atoms with Crippen molar-refractivity contribution in [2.45, 2.75) is 37.8 Å². The summed E-state index contributed by atoms with van der Waals surface area (Å²) in [5, 5.41) is 11.8. The van der Waals surface area contributed by atoms with Crippen LogP contribution < -0.4 is 10.1 Å². The average molecular weight is 355 g/mol. The molecule has 2 aliphatic rings. The van der Waals surface area contributed by atoms with E-state index in [1.165, 1.54) is 0 Å². The number of methoxy groups -OCH3 is 1. The van der Waals surface area contributed by atoms with E-state index >= 15 is 0 Å². The fraction of sp³-hybridized carbons (Fsp3) is 0.526. The predicted molar refractivity (Wildman–Crippen MR) is 97.2 cm³/mol. The van der Waals surface area contributed by atoms with Crippen LogP contribution in [0.15, 0.2) is 30.5 Å². The average Bonchev–Trinajstić information content (AvgIpc) is 3.38. The van der Waals surface area contributed by atoms with Crippen LogP contribution >= 0.6 is 0 Å². The lowest BCUT2D eigenvalue weighted by Crippen LogP contribution is -2.31. The number of hydrogen-bond acceptors (Lipinski definition) is 5. The standard InChI is InChI=1S/C19H25N5O2/c1-26-18-7-3-2-5-15(18)17-6-4-12-23(17)19(25)16-13-24(22-21-16)14-8-10-20-11-9-14/h2-3,5,7,13-14,17,20H,4,6,8-12H2,1H3/t17-/m1/s1. The largest absolute Gasteiger partial charge is 0.496 e. The summed E-state index contributed by atoms with van der Waals surface area (Å²) in [5.41, 5.74) is 1.50.